The largest absolute Gasteiger partial charge is 0.467 e. The van der Waals surface area contributed by atoms with E-state index in [-0.39, 0.29) is 31.1 Å². The summed E-state index contributed by atoms with van der Waals surface area (Å²) in [4.78, 5) is 54.6. The Morgan fingerprint density at radius 2 is 1.72 bits per heavy atom. The Labute approximate surface area is 287 Å². The van der Waals surface area contributed by atoms with Gasteiger partial charge >= 0.3 is 17.9 Å². The Balaban J connectivity index is 1.44. The van der Waals surface area contributed by atoms with Crippen molar-refractivity contribution >= 4 is 23.7 Å². The predicted molar refractivity (Wildman–Crippen MR) is 164 cm³/mol. The molecule has 1 spiro atoms. The van der Waals surface area contributed by atoms with Crippen LogP contribution in [0.25, 0.3) is 0 Å². The molecule has 16 nitrogen and oxygen atoms in total. The van der Waals surface area contributed by atoms with Crippen molar-refractivity contribution in [1.29, 1.82) is 0 Å². The summed E-state index contributed by atoms with van der Waals surface area (Å²) in [5.74, 6) is -6.90. The highest BCUT2D eigenvalue weighted by atomic mass is 16.7. The SMILES string of the molecule is COC(=O)[C@]12OC[C@]34[C@H]([C@@H](O)[C@@H]1O)[C@@]1(C)CC(=O)C(O[C@@H]5O[C@H](CO)[C@@H](O)[C@H](O)[C@H]5O)=C(C)[C@@H]1C[C@H]3OC(=O)[C@H](OC(=O)/C=C(\C)C(C)C)[C@@H]24. The molecular weight excluding hydrogens is 664 g/mol. The summed E-state index contributed by atoms with van der Waals surface area (Å²) in [6.45, 7) is 7.74. The minimum absolute atomic E-state index is 0.0225. The van der Waals surface area contributed by atoms with Crippen molar-refractivity contribution in [3.8, 4) is 0 Å². The van der Waals surface area contributed by atoms with Crippen LogP contribution in [0.4, 0.5) is 0 Å². The average molecular weight is 711 g/mol. The molecule has 6 N–H and O–H groups in total. The first-order chi connectivity index (χ1) is 23.4. The molecule has 16 heteroatoms. The predicted octanol–water partition coefficient (Wildman–Crippen LogP) is -1.59. The van der Waals surface area contributed by atoms with Crippen molar-refractivity contribution in [3.63, 3.8) is 0 Å². The number of methoxy groups -OCH3 is 1. The van der Waals surface area contributed by atoms with Crippen molar-refractivity contribution < 1.29 is 78.2 Å². The lowest BCUT2D eigenvalue weighted by molar-refractivity contribution is -0.296. The molecule has 3 aliphatic heterocycles. The molecule has 50 heavy (non-hydrogen) atoms. The van der Waals surface area contributed by atoms with Gasteiger partial charge in [-0.1, -0.05) is 26.3 Å². The molecule has 0 unspecified atom stereocenters. The van der Waals surface area contributed by atoms with Crippen LogP contribution in [0.1, 0.15) is 47.5 Å². The molecule has 0 radical (unpaired) electrons. The van der Waals surface area contributed by atoms with E-state index in [2.05, 4.69) is 0 Å². The minimum Gasteiger partial charge on any atom is -0.467 e. The molecule has 0 aromatic carbocycles. The average Bonchev–Trinajstić information content (AvgIpc) is 3.37. The van der Waals surface area contributed by atoms with Crippen LogP contribution in [0, 0.1) is 34.5 Å². The van der Waals surface area contributed by atoms with Crippen LogP contribution >= 0.6 is 0 Å². The van der Waals surface area contributed by atoms with Gasteiger partial charge in [-0.3, -0.25) is 4.79 Å². The summed E-state index contributed by atoms with van der Waals surface area (Å²) in [6.07, 6.45) is -13.7. The van der Waals surface area contributed by atoms with E-state index in [9.17, 15) is 49.8 Å². The quantitative estimate of drug-likeness (QED) is 0.0991. The summed E-state index contributed by atoms with van der Waals surface area (Å²) in [5.41, 5.74) is -3.97. The topological polar surface area (TPSA) is 245 Å². The van der Waals surface area contributed by atoms with Gasteiger partial charge in [-0.25, -0.2) is 14.4 Å². The number of rotatable bonds is 7. The molecule has 6 aliphatic rings. The molecule has 0 aromatic rings. The van der Waals surface area contributed by atoms with Crippen LogP contribution in [-0.2, 0) is 47.6 Å². The fourth-order valence-corrected chi connectivity index (χ4v) is 9.80. The van der Waals surface area contributed by atoms with Crippen molar-refractivity contribution in [3.05, 3.63) is 23.0 Å². The first-order valence-corrected chi connectivity index (χ1v) is 16.8. The van der Waals surface area contributed by atoms with Gasteiger partial charge in [-0.05, 0) is 43.1 Å². The molecule has 3 saturated heterocycles. The van der Waals surface area contributed by atoms with Gasteiger partial charge in [0.25, 0.3) is 0 Å². The zero-order valence-electron chi connectivity index (χ0n) is 28.7. The Morgan fingerprint density at radius 3 is 2.34 bits per heavy atom. The van der Waals surface area contributed by atoms with Gasteiger partial charge in [0.15, 0.2) is 11.5 Å². The number of esters is 3. The van der Waals surface area contributed by atoms with Gasteiger partial charge in [-0.2, -0.15) is 0 Å². The van der Waals surface area contributed by atoms with E-state index in [0.29, 0.717) is 11.1 Å². The number of aliphatic hydroxyl groups excluding tert-OH is 6. The lowest BCUT2D eigenvalue weighted by atomic mass is 9.38. The molecule has 6 rings (SSSR count). The molecule has 3 aliphatic carbocycles. The number of hydrogen-bond acceptors (Lipinski definition) is 16. The number of carbonyl (C=O) groups is 4. The molecule has 2 bridgehead atoms. The maximum atomic E-state index is 14.0. The van der Waals surface area contributed by atoms with E-state index in [4.69, 9.17) is 28.4 Å². The van der Waals surface area contributed by atoms with Crippen molar-refractivity contribution in [1.82, 2.24) is 0 Å². The molecular formula is C34H46O16. The van der Waals surface area contributed by atoms with E-state index < -0.39 is 120 Å². The zero-order valence-corrected chi connectivity index (χ0v) is 28.7. The normalized spacial score (nSPS) is 46.9. The highest BCUT2D eigenvalue weighted by Crippen LogP contribution is 2.73. The van der Waals surface area contributed by atoms with E-state index in [1.807, 2.05) is 13.8 Å². The maximum Gasteiger partial charge on any atom is 0.348 e. The van der Waals surface area contributed by atoms with Gasteiger partial charge in [-0.15, -0.1) is 0 Å². The standard InChI is InChI=1S/C34H46O16/c1-12(2)13(3)7-19(37)49-25-27-33-11-46-34(27,31(44)45-6)28(42)23(41)26(33)32(5)9-16(36)24(14(4)15(32)8-18(33)48-29(25)43)50-30-22(40)21(39)20(38)17(10-35)47-30/h7,12,15,17-18,20-23,25-28,30,35,38-42H,8-11H2,1-6H3/b13-7+/t15-,17+,18+,20+,21-,22+,23+,25+,26+,27+,28-,30-,32-,33+,34+/m0/s1. The number of aliphatic hydroxyl groups is 6. The molecule has 0 amide bonds. The summed E-state index contributed by atoms with van der Waals surface area (Å²) >= 11 is 0. The Bertz CT molecular complexity index is 1500. The van der Waals surface area contributed by atoms with E-state index in [1.54, 1.807) is 20.8 Å². The van der Waals surface area contributed by atoms with Crippen LogP contribution < -0.4 is 0 Å². The molecule has 15 atom stereocenters. The van der Waals surface area contributed by atoms with Gasteiger partial charge in [0.05, 0.1) is 32.3 Å². The van der Waals surface area contributed by atoms with Crippen LogP contribution in [0.15, 0.2) is 23.0 Å². The number of hydrogen-bond donors (Lipinski definition) is 6. The van der Waals surface area contributed by atoms with Crippen LogP contribution in [-0.4, -0.2) is 135 Å². The first kappa shape index (κ1) is 36.8. The van der Waals surface area contributed by atoms with Gasteiger partial charge in [0.2, 0.25) is 18.0 Å². The maximum absolute atomic E-state index is 14.0. The van der Waals surface area contributed by atoms with Crippen LogP contribution in [0.2, 0.25) is 0 Å². The van der Waals surface area contributed by atoms with Gasteiger partial charge in [0.1, 0.15) is 36.6 Å². The number of carbonyl (C=O) groups excluding carboxylic acids is 4. The number of ketones is 1. The molecule has 5 fully saturated rings. The van der Waals surface area contributed by atoms with Crippen molar-refractivity contribution in [2.45, 2.75) is 108 Å². The van der Waals surface area contributed by atoms with E-state index in [1.165, 1.54) is 6.08 Å². The third-order valence-corrected chi connectivity index (χ3v) is 12.4. The fraction of sp³-hybridized carbons (Fsp3) is 0.765. The lowest BCUT2D eigenvalue weighted by Gasteiger charge is -2.67. The number of allylic oxidation sites excluding steroid dienone is 3. The van der Waals surface area contributed by atoms with Crippen LogP contribution in [0.3, 0.4) is 0 Å². The molecule has 278 valence electrons. The second-order valence-corrected chi connectivity index (χ2v) is 15.1. The van der Waals surface area contributed by atoms with Crippen molar-refractivity contribution in [2.24, 2.45) is 34.5 Å². The third-order valence-electron chi connectivity index (χ3n) is 12.4. The van der Waals surface area contributed by atoms with Crippen molar-refractivity contribution in [2.75, 3.05) is 20.3 Å². The highest BCUT2D eigenvalue weighted by Gasteiger charge is 2.85. The summed E-state index contributed by atoms with van der Waals surface area (Å²) in [5, 5.41) is 64.6. The summed E-state index contributed by atoms with van der Waals surface area (Å²) in [6, 6.07) is 0. The molecule has 0 aromatic heterocycles. The monoisotopic (exact) mass is 710 g/mol. The third kappa shape index (κ3) is 4.94. The fourth-order valence-electron chi connectivity index (χ4n) is 9.80. The van der Waals surface area contributed by atoms with Gasteiger partial charge in [0, 0.05) is 23.8 Å². The highest BCUT2D eigenvalue weighted by molar-refractivity contribution is 5.96. The second-order valence-electron chi connectivity index (χ2n) is 15.1. The van der Waals surface area contributed by atoms with E-state index in [0.717, 1.165) is 7.11 Å². The number of fused-ring (bicyclic) bond motifs is 2. The summed E-state index contributed by atoms with van der Waals surface area (Å²) in [7, 11) is 1.06. The number of Topliss-reactive ketones (excluding diaryl/α,β-unsaturated/α-hetero) is 1. The lowest BCUT2D eigenvalue weighted by Crippen LogP contribution is -2.79. The van der Waals surface area contributed by atoms with Crippen LogP contribution in [0.5, 0.6) is 0 Å². The Kier molecular flexibility index (Phi) is 9.29. The summed E-state index contributed by atoms with van der Waals surface area (Å²) < 4.78 is 34.3. The van der Waals surface area contributed by atoms with E-state index >= 15 is 0 Å². The number of ether oxygens (including phenoxy) is 6. The van der Waals surface area contributed by atoms with Gasteiger partial charge < -0.3 is 59.1 Å². The second kappa shape index (κ2) is 12.6. The molecule has 3 heterocycles. The minimum atomic E-state index is -2.33. The molecule has 2 saturated carbocycles. The Morgan fingerprint density at radius 1 is 1.04 bits per heavy atom. The smallest absolute Gasteiger partial charge is 0.348 e. The Hall–Kier alpha value is -2.96. The first-order valence-electron chi connectivity index (χ1n) is 16.8. The zero-order chi connectivity index (χ0) is 36.8.